The van der Waals surface area contributed by atoms with Crippen molar-refractivity contribution in [3.63, 3.8) is 0 Å². The topological polar surface area (TPSA) is 43.4 Å². The molecule has 0 saturated heterocycles. The van der Waals surface area contributed by atoms with Crippen molar-refractivity contribution >= 4 is 35.7 Å². The zero-order chi connectivity index (χ0) is 13.8. The first-order valence-corrected chi connectivity index (χ1v) is 8.59. The lowest BCUT2D eigenvalue weighted by Gasteiger charge is -2.14. The average molecular weight is 360 g/mol. The fourth-order valence-corrected chi connectivity index (χ4v) is 3.13. The van der Waals surface area contributed by atoms with Gasteiger partial charge in [-0.1, -0.05) is 22.9 Å². The highest BCUT2D eigenvalue weighted by Crippen LogP contribution is 2.22. The number of ether oxygens (including phenoxy) is 1. The maximum atomic E-state index is 13.4. The van der Waals surface area contributed by atoms with E-state index < -0.39 is 14.9 Å². The van der Waals surface area contributed by atoms with Crippen molar-refractivity contribution in [2.75, 3.05) is 12.4 Å². The smallest absolute Gasteiger partial charge is 0.232 e. The largest absolute Gasteiger partial charge is 0.490 e. The summed E-state index contributed by atoms with van der Waals surface area (Å²) in [5, 5.41) is 0. The minimum atomic E-state index is -3.57. The van der Waals surface area contributed by atoms with E-state index in [-0.39, 0.29) is 24.0 Å². The molecule has 0 saturated carbocycles. The molecule has 1 rings (SSSR count). The Morgan fingerprint density at radius 3 is 2.67 bits per heavy atom. The summed E-state index contributed by atoms with van der Waals surface area (Å²) in [6.45, 7) is 1.94. The van der Waals surface area contributed by atoms with Gasteiger partial charge in [0.2, 0.25) is 9.05 Å². The summed E-state index contributed by atoms with van der Waals surface area (Å²) in [4.78, 5) is 0. The van der Waals surface area contributed by atoms with Gasteiger partial charge >= 0.3 is 0 Å². The summed E-state index contributed by atoms with van der Waals surface area (Å²) in [6, 6.07) is 4.42. The molecule has 0 amide bonds. The molecule has 1 atom stereocenters. The van der Waals surface area contributed by atoms with Gasteiger partial charge in [0.15, 0.2) is 11.6 Å². The van der Waals surface area contributed by atoms with Crippen LogP contribution in [0.3, 0.4) is 0 Å². The van der Waals surface area contributed by atoms with E-state index >= 15 is 0 Å². The third-order valence-electron chi connectivity index (χ3n) is 2.38. The molecule has 0 fully saturated rings. The van der Waals surface area contributed by atoms with Crippen molar-refractivity contribution in [1.82, 2.24) is 0 Å². The molecule has 1 unspecified atom stereocenters. The van der Waals surface area contributed by atoms with Crippen molar-refractivity contribution in [3.8, 4) is 5.75 Å². The Hall–Kier alpha value is -0.330. The van der Waals surface area contributed by atoms with Crippen LogP contribution in [0.5, 0.6) is 5.75 Å². The van der Waals surface area contributed by atoms with Crippen LogP contribution in [0.2, 0.25) is 0 Å². The van der Waals surface area contributed by atoms with Gasteiger partial charge in [-0.3, -0.25) is 0 Å². The van der Waals surface area contributed by atoms with Crippen molar-refractivity contribution in [2.45, 2.75) is 13.3 Å². The number of hydrogen-bond donors (Lipinski definition) is 0. The third kappa shape index (κ3) is 5.54. The molecular weight excluding hydrogens is 347 g/mol. The van der Waals surface area contributed by atoms with Crippen LogP contribution in [-0.2, 0) is 9.05 Å². The Morgan fingerprint density at radius 1 is 1.50 bits per heavy atom. The van der Waals surface area contributed by atoms with Gasteiger partial charge in [0, 0.05) is 21.1 Å². The molecular formula is C11H13BrClFO3S. The van der Waals surface area contributed by atoms with Gasteiger partial charge in [-0.05, 0) is 24.6 Å². The fraction of sp³-hybridized carbons (Fsp3) is 0.455. The molecule has 18 heavy (non-hydrogen) atoms. The van der Waals surface area contributed by atoms with E-state index in [0.29, 0.717) is 10.9 Å². The molecule has 1 aromatic carbocycles. The third-order valence-corrected chi connectivity index (χ3v) is 4.12. The molecule has 0 aliphatic heterocycles. The van der Waals surface area contributed by atoms with Crippen molar-refractivity contribution in [1.29, 1.82) is 0 Å². The highest BCUT2D eigenvalue weighted by Gasteiger charge is 2.17. The molecule has 0 aliphatic carbocycles. The predicted molar refractivity (Wildman–Crippen MR) is 73.0 cm³/mol. The van der Waals surface area contributed by atoms with E-state index in [0.717, 1.165) is 0 Å². The van der Waals surface area contributed by atoms with E-state index in [4.69, 9.17) is 15.4 Å². The Labute approximate surface area is 119 Å². The molecule has 3 nitrogen and oxygen atoms in total. The molecule has 1 aromatic rings. The van der Waals surface area contributed by atoms with Gasteiger partial charge in [-0.2, -0.15) is 0 Å². The molecule has 0 aliphatic rings. The summed E-state index contributed by atoms with van der Waals surface area (Å²) in [5.41, 5.74) is 0. The Bertz CT molecular complexity index is 507. The molecule has 0 heterocycles. The van der Waals surface area contributed by atoms with E-state index in [1.165, 1.54) is 12.1 Å². The van der Waals surface area contributed by atoms with E-state index in [1.54, 1.807) is 6.07 Å². The van der Waals surface area contributed by atoms with E-state index in [9.17, 15) is 12.8 Å². The molecule has 0 radical (unpaired) electrons. The summed E-state index contributed by atoms with van der Waals surface area (Å²) in [5.74, 6) is -0.824. The lowest BCUT2D eigenvalue weighted by Crippen LogP contribution is -2.19. The highest BCUT2D eigenvalue weighted by molar-refractivity contribution is 9.10. The monoisotopic (exact) mass is 358 g/mol. The predicted octanol–water partition coefficient (Wildman–Crippen LogP) is 3.56. The fourth-order valence-electron chi connectivity index (χ4n) is 1.37. The molecule has 0 aromatic heterocycles. The number of hydrogen-bond acceptors (Lipinski definition) is 3. The van der Waals surface area contributed by atoms with Crippen LogP contribution in [0, 0.1) is 11.7 Å². The van der Waals surface area contributed by atoms with Gasteiger partial charge in [0.1, 0.15) is 0 Å². The van der Waals surface area contributed by atoms with Gasteiger partial charge in [0.05, 0.1) is 12.4 Å². The van der Waals surface area contributed by atoms with Gasteiger partial charge in [-0.25, -0.2) is 12.8 Å². The Balaban J connectivity index is 2.62. The first kappa shape index (κ1) is 15.7. The lowest BCUT2D eigenvalue weighted by molar-refractivity contribution is 0.247. The summed E-state index contributed by atoms with van der Waals surface area (Å²) >= 11 is 3.14. The lowest BCUT2D eigenvalue weighted by atomic mass is 10.1. The van der Waals surface area contributed by atoms with Crippen molar-refractivity contribution < 1.29 is 17.5 Å². The minimum Gasteiger partial charge on any atom is -0.490 e. The second kappa shape index (κ2) is 6.73. The summed E-state index contributed by atoms with van der Waals surface area (Å²) in [6.07, 6.45) is 0.587. The van der Waals surface area contributed by atoms with Crippen molar-refractivity contribution in [3.05, 3.63) is 28.5 Å². The average Bonchev–Trinajstić information content (AvgIpc) is 2.24. The van der Waals surface area contributed by atoms with Gasteiger partial charge in [0.25, 0.3) is 0 Å². The standard InChI is InChI=1S/C11H13BrClFO3S/c1-2-8(7-18(13,15)16)6-17-11-4-3-9(12)5-10(11)14/h3-5,8H,2,6-7H2,1H3. The molecule has 7 heteroatoms. The maximum absolute atomic E-state index is 13.4. The van der Waals surface area contributed by atoms with Crippen LogP contribution in [-0.4, -0.2) is 20.8 Å². The zero-order valence-corrected chi connectivity index (χ0v) is 12.9. The second-order valence-electron chi connectivity index (χ2n) is 3.87. The number of rotatable bonds is 6. The molecule has 0 N–H and O–H groups in total. The van der Waals surface area contributed by atoms with Crippen LogP contribution in [0.4, 0.5) is 4.39 Å². The van der Waals surface area contributed by atoms with Gasteiger partial charge in [-0.15, -0.1) is 0 Å². The van der Waals surface area contributed by atoms with Crippen LogP contribution >= 0.6 is 26.6 Å². The highest BCUT2D eigenvalue weighted by atomic mass is 79.9. The molecule has 0 bridgehead atoms. The number of benzene rings is 1. The first-order valence-electron chi connectivity index (χ1n) is 5.32. The molecule has 102 valence electrons. The van der Waals surface area contributed by atoms with E-state index in [2.05, 4.69) is 15.9 Å². The zero-order valence-electron chi connectivity index (χ0n) is 9.70. The second-order valence-corrected chi connectivity index (χ2v) is 7.60. The quantitative estimate of drug-likeness (QED) is 0.729. The summed E-state index contributed by atoms with van der Waals surface area (Å²) in [7, 11) is 1.61. The van der Waals surface area contributed by atoms with Crippen LogP contribution in [0.1, 0.15) is 13.3 Å². The van der Waals surface area contributed by atoms with E-state index in [1.807, 2.05) is 6.92 Å². The minimum absolute atomic E-state index is 0.101. The summed E-state index contributed by atoms with van der Waals surface area (Å²) < 4.78 is 41.2. The van der Waals surface area contributed by atoms with Crippen molar-refractivity contribution in [2.24, 2.45) is 5.92 Å². The normalized spacial score (nSPS) is 13.3. The van der Waals surface area contributed by atoms with Crippen LogP contribution in [0.15, 0.2) is 22.7 Å². The van der Waals surface area contributed by atoms with Gasteiger partial charge < -0.3 is 4.74 Å². The SMILES string of the molecule is CCC(COc1ccc(Br)cc1F)CS(=O)(=O)Cl. The van der Waals surface area contributed by atoms with Crippen LogP contribution < -0.4 is 4.74 Å². The van der Waals surface area contributed by atoms with Crippen LogP contribution in [0.25, 0.3) is 0 Å². The number of halogens is 3. The Kier molecular flexibility index (Phi) is 5.88. The first-order chi connectivity index (χ1) is 8.31. The maximum Gasteiger partial charge on any atom is 0.232 e. The molecule has 0 spiro atoms. The Morgan fingerprint density at radius 2 is 2.17 bits per heavy atom.